The molecule has 120 valence electrons. The first-order valence-corrected chi connectivity index (χ1v) is 9.87. The third-order valence-electron chi connectivity index (χ3n) is 3.09. The minimum Gasteiger partial charge on any atom is -0.374 e. The molecule has 0 saturated heterocycles. The van der Waals surface area contributed by atoms with Gasteiger partial charge in [0.1, 0.15) is 4.21 Å². The van der Waals surface area contributed by atoms with E-state index in [4.69, 9.17) is 0 Å². The zero-order chi connectivity index (χ0) is 16.2. The zero-order valence-corrected chi connectivity index (χ0v) is 14.8. The average molecular weight is 353 g/mol. The maximum atomic E-state index is 12.6. The summed E-state index contributed by atoms with van der Waals surface area (Å²) >= 11 is 2.45. The highest BCUT2D eigenvalue weighted by molar-refractivity contribution is 7.98. The molecular weight excluding hydrogens is 334 g/mol. The minimum atomic E-state index is -3.72. The molecule has 1 aromatic heterocycles. The summed E-state index contributed by atoms with van der Waals surface area (Å²) in [5.41, 5.74) is -0.215. The van der Waals surface area contributed by atoms with Gasteiger partial charge in [-0.05, 0) is 12.7 Å². The predicted molar refractivity (Wildman–Crippen MR) is 87.9 cm³/mol. The molecule has 1 atom stereocenters. The Morgan fingerprint density at radius 2 is 2.19 bits per heavy atom. The quantitative estimate of drug-likeness (QED) is 0.570. The van der Waals surface area contributed by atoms with Gasteiger partial charge in [0.2, 0.25) is 0 Å². The van der Waals surface area contributed by atoms with Crippen molar-refractivity contribution in [2.45, 2.75) is 23.6 Å². The summed E-state index contributed by atoms with van der Waals surface area (Å²) in [5, 5.41) is 13.9. The SMILES string of the molecule is CCC(CSC)N(C)S(=O)(=O)c1cc([N+](=O)[O-])c(NC)s1. The van der Waals surface area contributed by atoms with Crippen LogP contribution in [0.4, 0.5) is 10.7 Å². The smallest absolute Gasteiger partial charge is 0.304 e. The van der Waals surface area contributed by atoms with Gasteiger partial charge in [0.25, 0.3) is 10.0 Å². The molecule has 0 amide bonds. The Balaban J connectivity index is 3.21. The fraction of sp³-hybridized carbons (Fsp3) is 0.636. The number of hydrogen-bond acceptors (Lipinski definition) is 7. The number of anilines is 1. The Morgan fingerprint density at radius 1 is 1.57 bits per heavy atom. The van der Waals surface area contributed by atoms with E-state index in [1.165, 1.54) is 18.4 Å². The molecule has 21 heavy (non-hydrogen) atoms. The fourth-order valence-electron chi connectivity index (χ4n) is 1.81. The summed E-state index contributed by atoms with van der Waals surface area (Å²) in [7, 11) is -0.676. The van der Waals surface area contributed by atoms with Crippen molar-refractivity contribution in [2.75, 3.05) is 31.4 Å². The van der Waals surface area contributed by atoms with Gasteiger partial charge in [-0.25, -0.2) is 8.42 Å². The van der Waals surface area contributed by atoms with Crippen LogP contribution in [0.2, 0.25) is 0 Å². The Morgan fingerprint density at radius 3 is 2.57 bits per heavy atom. The summed E-state index contributed by atoms with van der Waals surface area (Å²) in [6, 6.07) is 0.984. The van der Waals surface area contributed by atoms with Crippen LogP contribution in [0.5, 0.6) is 0 Å². The zero-order valence-electron chi connectivity index (χ0n) is 12.3. The third-order valence-corrected chi connectivity index (χ3v) is 7.31. The van der Waals surface area contributed by atoms with Gasteiger partial charge in [0.15, 0.2) is 5.00 Å². The molecule has 1 aromatic rings. The summed E-state index contributed by atoms with van der Waals surface area (Å²) < 4.78 is 26.5. The second-order valence-corrected chi connectivity index (χ2v) is 8.51. The van der Waals surface area contributed by atoms with Crippen molar-refractivity contribution in [3.05, 3.63) is 16.2 Å². The number of hydrogen-bond donors (Lipinski definition) is 1. The second kappa shape index (κ2) is 7.43. The summed E-state index contributed by atoms with van der Waals surface area (Å²) in [6.07, 6.45) is 2.60. The van der Waals surface area contributed by atoms with Crippen LogP contribution < -0.4 is 5.32 Å². The molecule has 0 aliphatic carbocycles. The lowest BCUT2D eigenvalue weighted by Crippen LogP contribution is -2.37. The van der Waals surface area contributed by atoms with E-state index in [0.29, 0.717) is 12.2 Å². The highest BCUT2D eigenvalue weighted by Crippen LogP contribution is 2.38. The first-order valence-electron chi connectivity index (χ1n) is 6.22. The first-order chi connectivity index (χ1) is 9.79. The van der Waals surface area contributed by atoms with Gasteiger partial charge < -0.3 is 5.32 Å². The van der Waals surface area contributed by atoms with Crippen LogP contribution in [0.25, 0.3) is 0 Å². The van der Waals surface area contributed by atoms with Crippen molar-refractivity contribution in [3.8, 4) is 0 Å². The van der Waals surface area contributed by atoms with Crippen LogP contribution in [0.3, 0.4) is 0 Å². The molecule has 0 aliphatic rings. The standard InChI is InChI=1S/C11H19N3O4S3/c1-5-8(7-19-4)13(3)21(17,18)10-6-9(14(15)16)11(12-2)20-10/h6,8,12H,5,7H2,1-4H3. The van der Waals surface area contributed by atoms with Gasteiger partial charge in [0.05, 0.1) is 4.92 Å². The molecular formula is C11H19N3O4S3. The predicted octanol–water partition coefficient (Wildman–Crippen LogP) is 2.46. The van der Waals surface area contributed by atoms with Crippen LogP contribution in [-0.4, -0.2) is 49.8 Å². The summed E-state index contributed by atoms with van der Waals surface area (Å²) in [5.74, 6) is 0.679. The maximum absolute atomic E-state index is 12.6. The minimum absolute atomic E-state index is 0.0133. The number of nitrogens with zero attached hydrogens (tertiary/aromatic N) is 2. The number of thioether (sulfide) groups is 1. The normalized spacial score (nSPS) is 13.4. The topological polar surface area (TPSA) is 92.5 Å². The van der Waals surface area contributed by atoms with Crippen molar-refractivity contribution >= 4 is 43.8 Å². The van der Waals surface area contributed by atoms with Crippen LogP contribution in [0.15, 0.2) is 10.3 Å². The van der Waals surface area contributed by atoms with Crippen LogP contribution >= 0.6 is 23.1 Å². The lowest BCUT2D eigenvalue weighted by atomic mass is 10.3. The first kappa shape index (κ1) is 18.2. The van der Waals surface area contributed by atoms with E-state index in [0.717, 1.165) is 17.4 Å². The molecule has 7 nitrogen and oxygen atoms in total. The number of nitro groups is 1. The third kappa shape index (κ3) is 3.87. The van der Waals surface area contributed by atoms with Crippen molar-refractivity contribution in [1.82, 2.24) is 4.31 Å². The number of nitrogens with one attached hydrogen (secondary N) is 1. The van der Waals surface area contributed by atoms with E-state index >= 15 is 0 Å². The molecule has 0 aromatic carbocycles. The Hall–Kier alpha value is -0.840. The Labute approximate surface area is 132 Å². The van der Waals surface area contributed by atoms with Gasteiger partial charge >= 0.3 is 5.69 Å². The molecule has 0 aliphatic heterocycles. The van der Waals surface area contributed by atoms with Gasteiger partial charge in [-0.3, -0.25) is 10.1 Å². The second-order valence-electron chi connectivity index (χ2n) is 4.33. The highest BCUT2D eigenvalue weighted by Gasteiger charge is 2.31. The molecule has 0 spiro atoms. The number of rotatable bonds is 8. The Kier molecular flexibility index (Phi) is 6.44. The monoisotopic (exact) mass is 353 g/mol. The fourth-order valence-corrected chi connectivity index (χ4v) is 5.65. The van der Waals surface area contributed by atoms with Crippen LogP contribution in [0, 0.1) is 10.1 Å². The lowest BCUT2D eigenvalue weighted by Gasteiger charge is -2.25. The van der Waals surface area contributed by atoms with Gasteiger partial charge in [-0.1, -0.05) is 18.3 Å². The van der Waals surface area contributed by atoms with E-state index in [1.807, 2.05) is 13.2 Å². The number of thiophene rings is 1. The molecule has 1 N–H and O–H groups in total. The van der Waals surface area contributed by atoms with E-state index in [1.54, 1.807) is 11.8 Å². The van der Waals surface area contributed by atoms with E-state index in [2.05, 4.69) is 5.32 Å². The van der Waals surface area contributed by atoms with Gasteiger partial charge in [0, 0.05) is 32.0 Å². The van der Waals surface area contributed by atoms with Crippen LogP contribution in [-0.2, 0) is 10.0 Å². The van der Waals surface area contributed by atoms with E-state index in [-0.39, 0.29) is 20.9 Å². The van der Waals surface area contributed by atoms with Gasteiger partial charge in [-0.15, -0.1) is 0 Å². The average Bonchev–Trinajstić information content (AvgIpc) is 2.89. The van der Waals surface area contributed by atoms with Crippen molar-refractivity contribution in [1.29, 1.82) is 0 Å². The summed E-state index contributed by atoms with van der Waals surface area (Å²) in [6.45, 7) is 1.92. The van der Waals surface area contributed by atoms with Crippen molar-refractivity contribution < 1.29 is 13.3 Å². The molecule has 0 saturated carbocycles. The molecule has 1 unspecified atom stereocenters. The Bertz CT molecular complexity index is 600. The van der Waals surface area contributed by atoms with E-state index < -0.39 is 14.9 Å². The van der Waals surface area contributed by atoms with Gasteiger partial charge in [-0.2, -0.15) is 16.1 Å². The van der Waals surface area contributed by atoms with E-state index in [9.17, 15) is 18.5 Å². The van der Waals surface area contributed by atoms with Crippen molar-refractivity contribution in [3.63, 3.8) is 0 Å². The molecule has 1 rings (SSSR count). The van der Waals surface area contributed by atoms with Crippen LogP contribution in [0.1, 0.15) is 13.3 Å². The maximum Gasteiger partial charge on any atom is 0.304 e. The molecule has 0 radical (unpaired) electrons. The molecule has 0 bridgehead atoms. The van der Waals surface area contributed by atoms with Crippen molar-refractivity contribution in [2.24, 2.45) is 0 Å². The highest BCUT2D eigenvalue weighted by atomic mass is 32.2. The molecule has 1 heterocycles. The molecule has 10 heteroatoms. The number of sulfonamides is 1. The molecule has 0 fully saturated rings. The lowest BCUT2D eigenvalue weighted by molar-refractivity contribution is -0.383. The summed E-state index contributed by atoms with van der Waals surface area (Å²) in [4.78, 5) is 10.4. The largest absolute Gasteiger partial charge is 0.374 e.